The Morgan fingerprint density at radius 1 is 1.04 bits per heavy atom. The Morgan fingerprint density at radius 2 is 1.79 bits per heavy atom. The molecule has 0 saturated carbocycles. The van der Waals surface area contributed by atoms with Gasteiger partial charge in [-0.25, -0.2) is 9.97 Å². The quantitative estimate of drug-likeness (QED) is 0.782. The predicted octanol–water partition coefficient (Wildman–Crippen LogP) is 1.74. The summed E-state index contributed by atoms with van der Waals surface area (Å²) in [6, 6.07) is 5.92. The van der Waals surface area contributed by atoms with Crippen molar-refractivity contribution in [3.8, 4) is 0 Å². The maximum Gasteiger partial charge on any atom is 0.223 e. The first kappa shape index (κ1) is 14.8. The first-order valence-corrected chi connectivity index (χ1v) is 8.21. The summed E-state index contributed by atoms with van der Waals surface area (Å²) in [6.45, 7) is 6.50. The third kappa shape index (κ3) is 2.86. The number of nitrogens with one attached hydrogen (secondary N) is 1. The smallest absolute Gasteiger partial charge is 0.223 e. The van der Waals surface area contributed by atoms with Crippen LogP contribution in [0.3, 0.4) is 0 Å². The van der Waals surface area contributed by atoms with Gasteiger partial charge in [0, 0.05) is 24.5 Å². The van der Waals surface area contributed by atoms with E-state index in [-0.39, 0.29) is 0 Å². The molecule has 8 nitrogen and oxygen atoms in total. The maximum atomic E-state index is 4.70. The topological polar surface area (TPSA) is 84.1 Å². The molecule has 1 aliphatic rings. The van der Waals surface area contributed by atoms with Gasteiger partial charge in [-0.05, 0) is 44.9 Å². The normalized spacial score (nSPS) is 14.5. The van der Waals surface area contributed by atoms with Gasteiger partial charge < -0.3 is 10.2 Å². The van der Waals surface area contributed by atoms with Crippen LogP contribution in [0.2, 0.25) is 0 Å². The van der Waals surface area contributed by atoms with Crippen molar-refractivity contribution in [2.45, 2.75) is 33.2 Å². The van der Waals surface area contributed by atoms with E-state index in [0.29, 0.717) is 12.5 Å². The molecule has 24 heavy (non-hydrogen) atoms. The highest BCUT2D eigenvalue weighted by molar-refractivity contribution is 5.46. The van der Waals surface area contributed by atoms with Crippen molar-refractivity contribution in [2.24, 2.45) is 0 Å². The van der Waals surface area contributed by atoms with E-state index >= 15 is 0 Å². The molecule has 124 valence electrons. The third-order valence-corrected chi connectivity index (χ3v) is 4.13. The van der Waals surface area contributed by atoms with E-state index in [1.165, 1.54) is 12.8 Å². The number of aromatic nitrogens is 6. The minimum Gasteiger partial charge on any atom is -0.355 e. The molecule has 3 aromatic heterocycles. The van der Waals surface area contributed by atoms with Gasteiger partial charge in [-0.15, -0.1) is 15.3 Å². The molecule has 3 aromatic rings. The average molecular weight is 324 g/mol. The van der Waals surface area contributed by atoms with Crippen LogP contribution < -0.4 is 10.2 Å². The van der Waals surface area contributed by atoms with Gasteiger partial charge in [0.2, 0.25) is 5.95 Å². The molecule has 8 heteroatoms. The van der Waals surface area contributed by atoms with Crippen molar-refractivity contribution in [2.75, 3.05) is 23.3 Å². The van der Waals surface area contributed by atoms with Crippen LogP contribution in [-0.4, -0.2) is 42.9 Å². The summed E-state index contributed by atoms with van der Waals surface area (Å²) in [5, 5.41) is 16.3. The first-order chi connectivity index (χ1) is 11.7. The molecule has 0 bridgehead atoms. The second-order valence-corrected chi connectivity index (χ2v) is 6.10. The van der Waals surface area contributed by atoms with E-state index in [0.717, 1.165) is 41.8 Å². The predicted molar refractivity (Wildman–Crippen MR) is 91.1 cm³/mol. The Morgan fingerprint density at radius 3 is 2.54 bits per heavy atom. The fourth-order valence-corrected chi connectivity index (χ4v) is 3.01. The molecule has 1 fully saturated rings. The molecular formula is C16H20N8. The Labute approximate surface area is 140 Å². The molecule has 0 aromatic carbocycles. The molecule has 1 aliphatic heterocycles. The molecule has 0 aliphatic carbocycles. The van der Waals surface area contributed by atoms with Crippen molar-refractivity contribution >= 4 is 17.4 Å². The lowest BCUT2D eigenvalue weighted by Crippen LogP contribution is -2.20. The van der Waals surface area contributed by atoms with Gasteiger partial charge in [0.1, 0.15) is 5.82 Å². The minimum atomic E-state index is 0.473. The molecule has 0 amide bonds. The van der Waals surface area contributed by atoms with Gasteiger partial charge in [-0.3, -0.25) is 0 Å². The van der Waals surface area contributed by atoms with Crippen LogP contribution >= 0.6 is 0 Å². The first-order valence-electron chi connectivity index (χ1n) is 8.21. The summed E-state index contributed by atoms with van der Waals surface area (Å²) >= 11 is 0. The Balaban J connectivity index is 1.58. The summed E-state index contributed by atoms with van der Waals surface area (Å²) in [7, 11) is 0. The monoisotopic (exact) mass is 324 g/mol. The fourth-order valence-electron chi connectivity index (χ4n) is 3.01. The number of fused-ring (bicyclic) bond motifs is 1. The Kier molecular flexibility index (Phi) is 3.72. The molecule has 0 atom stereocenters. The van der Waals surface area contributed by atoms with Crippen molar-refractivity contribution in [1.82, 2.24) is 29.8 Å². The number of rotatable bonds is 4. The SMILES string of the molecule is Cc1cc(C)nc(NCc2nnc3ccc(N4CCCC4)nn23)n1. The van der Waals surface area contributed by atoms with Gasteiger partial charge in [-0.2, -0.15) is 4.52 Å². The van der Waals surface area contributed by atoms with Crippen molar-refractivity contribution in [3.63, 3.8) is 0 Å². The zero-order valence-electron chi connectivity index (χ0n) is 13.9. The van der Waals surface area contributed by atoms with Crippen LogP contribution in [0, 0.1) is 13.8 Å². The van der Waals surface area contributed by atoms with Gasteiger partial charge in [0.05, 0.1) is 6.54 Å². The fraction of sp³-hybridized carbons (Fsp3) is 0.438. The molecule has 4 rings (SSSR count). The number of hydrogen-bond donors (Lipinski definition) is 1. The van der Waals surface area contributed by atoms with Crippen LogP contribution in [-0.2, 0) is 6.54 Å². The second-order valence-electron chi connectivity index (χ2n) is 6.10. The third-order valence-electron chi connectivity index (χ3n) is 4.13. The van der Waals surface area contributed by atoms with Crippen LogP contribution in [0.4, 0.5) is 11.8 Å². The van der Waals surface area contributed by atoms with E-state index in [4.69, 9.17) is 5.10 Å². The van der Waals surface area contributed by atoms with Gasteiger partial charge >= 0.3 is 0 Å². The Bertz CT molecular complexity index is 845. The molecule has 1 saturated heterocycles. The number of hydrogen-bond acceptors (Lipinski definition) is 7. The van der Waals surface area contributed by atoms with Crippen LogP contribution in [0.25, 0.3) is 5.65 Å². The summed E-state index contributed by atoms with van der Waals surface area (Å²) < 4.78 is 1.79. The molecule has 4 heterocycles. The summed E-state index contributed by atoms with van der Waals surface area (Å²) in [6.07, 6.45) is 2.45. The largest absolute Gasteiger partial charge is 0.355 e. The summed E-state index contributed by atoms with van der Waals surface area (Å²) in [5.74, 6) is 2.32. The molecule has 0 unspecified atom stereocenters. The highest BCUT2D eigenvalue weighted by atomic mass is 15.4. The highest BCUT2D eigenvalue weighted by Gasteiger charge is 2.15. The number of aryl methyl sites for hydroxylation is 2. The van der Waals surface area contributed by atoms with E-state index in [9.17, 15) is 0 Å². The van der Waals surface area contributed by atoms with E-state index in [1.807, 2.05) is 32.0 Å². The molecule has 0 radical (unpaired) electrons. The van der Waals surface area contributed by atoms with Gasteiger partial charge in [0.25, 0.3) is 0 Å². The van der Waals surface area contributed by atoms with Crippen molar-refractivity contribution in [3.05, 3.63) is 35.4 Å². The standard InChI is InChI=1S/C16H20N8/c1-11-9-12(2)19-16(18-11)17-10-15-21-20-13-5-6-14(22-24(13)15)23-7-3-4-8-23/h5-6,9H,3-4,7-8,10H2,1-2H3,(H,17,18,19). The molecule has 1 N–H and O–H groups in total. The summed E-state index contributed by atoms with van der Waals surface area (Å²) in [4.78, 5) is 11.1. The lowest BCUT2D eigenvalue weighted by atomic mass is 10.4. The van der Waals surface area contributed by atoms with Gasteiger partial charge in [-0.1, -0.05) is 0 Å². The highest BCUT2D eigenvalue weighted by Crippen LogP contribution is 2.18. The lowest BCUT2D eigenvalue weighted by Gasteiger charge is -2.15. The molecular weight excluding hydrogens is 304 g/mol. The minimum absolute atomic E-state index is 0.473. The zero-order valence-corrected chi connectivity index (χ0v) is 13.9. The maximum absolute atomic E-state index is 4.70. The van der Waals surface area contributed by atoms with Gasteiger partial charge in [0.15, 0.2) is 11.5 Å². The zero-order chi connectivity index (χ0) is 16.5. The van der Waals surface area contributed by atoms with E-state index in [2.05, 4.69) is 30.4 Å². The second kappa shape index (κ2) is 6.03. The average Bonchev–Trinajstić information content (AvgIpc) is 3.21. The van der Waals surface area contributed by atoms with E-state index < -0.39 is 0 Å². The number of nitrogens with zero attached hydrogens (tertiary/aromatic N) is 7. The van der Waals surface area contributed by atoms with Crippen LogP contribution in [0.15, 0.2) is 18.2 Å². The lowest BCUT2D eigenvalue weighted by molar-refractivity contribution is 0.799. The Hall–Kier alpha value is -2.77. The van der Waals surface area contributed by atoms with Crippen LogP contribution in [0.1, 0.15) is 30.1 Å². The number of anilines is 2. The van der Waals surface area contributed by atoms with Crippen LogP contribution in [0.5, 0.6) is 0 Å². The summed E-state index contributed by atoms with van der Waals surface area (Å²) in [5.41, 5.74) is 2.62. The molecule has 0 spiro atoms. The van der Waals surface area contributed by atoms with Crippen molar-refractivity contribution in [1.29, 1.82) is 0 Å². The van der Waals surface area contributed by atoms with Crippen molar-refractivity contribution < 1.29 is 0 Å². The van der Waals surface area contributed by atoms with E-state index in [1.54, 1.807) is 4.52 Å².